The van der Waals surface area contributed by atoms with Gasteiger partial charge in [0.05, 0.1) is 18.8 Å². The number of amides is 1. The van der Waals surface area contributed by atoms with E-state index in [0.717, 1.165) is 33.4 Å². The second-order valence-electron chi connectivity index (χ2n) is 10.2. The Morgan fingerprint density at radius 1 is 0.907 bits per heavy atom. The Hall–Kier alpha value is -2.69. The molecule has 5 rings (SSSR count). The number of nitrogens with zero attached hydrogens (tertiary/aromatic N) is 2. The summed E-state index contributed by atoms with van der Waals surface area (Å²) in [5.74, 6) is 0.00537. The molecular formula is C32H30Cl3N3O4S. The maximum Gasteiger partial charge on any atom is 0.272 e. The highest BCUT2D eigenvalue weighted by molar-refractivity contribution is 7.99. The quantitative estimate of drug-likeness (QED) is 0.112. The van der Waals surface area contributed by atoms with E-state index in [2.05, 4.69) is 28.3 Å². The van der Waals surface area contributed by atoms with Crippen molar-refractivity contribution in [2.75, 3.05) is 5.75 Å². The molecule has 7 nitrogen and oxygen atoms in total. The number of carbonyl (C=O) groups is 1. The summed E-state index contributed by atoms with van der Waals surface area (Å²) < 4.78 is 11.2. The van der Waals surface area contributed by atoms with Gasteiger partial charge in [-0.25, -0.2) is 9.97 Å². The van der Waals surface area contributed by atoms with E-state index >= 15 is 0 Å². The Labute approximate surface area is 269 Å². The number of ether oxygens (including phenoxy) is 2. The molecule has 4 aromatic rings. The maximum absolute atomic E-state index is 12.0. The van der Waals surface area contributed by atoms with Gasteiger partial charge in [0.25, 0.3) is 9.70 Å². The molecule has 2 N–H and O–H groups in total. The smallest absolute Gasteiger partial charge is 0.272 e. The summed E-state index contributed by atoms with van der Waals surface area (Å²) in [6.07, 6.45) is 2.46. The van der Waals surface area contributed by atoms with E-state index < -0.39 is 16.0 Å². The number of rotatable bonds is 9. The fraction of sp³-hybridized carbons (Fsp3) is 0.281. The van der Waals surface area contributed by atoms with Crippen LogP contribution in [0.1, 0.15) is 41.6 Å². The number of carbonyl (C=O) groups excluding carboxylic acids is 1. The van der Waals surface area contributed by atoms with E-state index in [9.17, 15) is 9.90 Å². The normalized spacial score (nSPS) is 20.5. The Balaban J connectivity index is 1.38. The molecule has 0 unspecified atom stereocenters. The zero-order valence-electron chi connectivity index (χ0n) is 23.2. The van der Waals surface area contributed by atoms with Gasteiger partial charge in [-0.2, -0.15) is 0 Å². The van der Waals surface area contributed by atoms with Crippen molar-refractivity contribution in [2.24, 2.45) is 5.92 Å². The number of hydrogen-bond acceptors (Lipinski definition) is 7. The SMILES string of the molecule is C[C@@H]1[C@H](CSc2ncccn2)O[C@H](c2cccc(-c3cccc(CNC(=O)C(Cl)(Cl)Cl)c3)c2)O[C@@H]1c1ccc(CO)cc1. The summed E-state index contributed by atoms with van der Waals surface area (Å²) in [5.41, 5.74) is 5.51. The molecule has 4 atom stereocenters. The van der Waals surface area contributed by atoms with Crippen LogP contribution in [-0.2, 0) is 27.4 Å². The lowest BCUT2D eigenvalue weighted by atomic mass is 9.91. The van der Waals surface area contributed by atoms with Gasteiger partial charge in [0.15, 0.2) is 11.4 Å². The topological polar surface area (TPSA) is 93.6 Å². The standard InChI is InChI=1S/C32H30Cl3N3O4S/c1-20-27(19-43-31-36-13-4-14-37-31)41-29(42-28(20)23-11-9-21(18-39)10-12-23)26-8-3-7-25(16-26)24-6-2-5-22(15-24)17-38-30(40)32(33,34)35/h2-16,20,27-29,39H,17-19H2,1H3,(H,38,40)/t20-,27+,28+,29+/m1/s1. The van der Waals surface area contributed by atoms with Crippen LogP contribution >= 0.6 is 46.6 Å². The van der Waals surface area contributed by atoms with Gasteiger partial charge in [0, 0.05) is 36.2 Å². The molecule has 0 radical (unpaired) electrons. The van der Waals surface area contributed by atoms with Gasteiger partial charge in [-0.1, -0.05) is 114 Å². The van der Waals surface area contributed by atoms with Gasteiger partial charge < -0.3 is 19.9 Å². The summed E-state index contributed by atoms with van der Waals surface area (Å²) >= 11 is 18.6. The molecule has 43 heavy (non-hydrogen) atoms. The fourth-order valence-electron chi connectivity index (χ4n) is 4.83. The van der Waals surface area contributed by atoms with Crippen LogP contribution in [0.5, 0.6) is 0 Å². The van der Waals surface area contributed by atoms with Gasteiger partial charge in [-0.3, -0.25) is 4.79 Å². The van der Waals surface area contributed by atoms with E-state index in [4.69, 9.17) is 44.3 Å². The van der Waals surface area contributed by atoms with Crippen LogP contribution in [-0.4, -0.2) is 36.6 Å². The van der Waals surface area contributed by atoms with Crippen molar-refractivity contribution < 1.29 is 19.4 Å². The monoisotopic (exact) mass is 657 g/mol. The first-order valence-electron chi connectivity index (χ1n) is 13.7. The number of nitrogens with one attached hydrogen (secondary N) is 1. The molecular weight excluding hydrogens is 629 g/mol. The van der Waals surface area contributed by atoms with Gasteiger partial charge in [-0.05, 0) is 46.0 Å². The molecule has 0 aliphatic carbocycles. The summed E-state index contributed by atoms with van der Waals surface area (Å²) in [4.78, 5) is 20.7. The molecule has 11 heteroatoms. The Morgan fingerprint density at radius 3 is 2.30 bits per heavy atom. The zero-order chi connectivity index (χ0) is 30.4. The second kappa shape index (κ2) is 14.4. The highest BCUT2D eigenvalue weighted by Crippen LogP contribution is 2.43. The first-order valence-corrected chi connectivity index (χ1v) is 15.8. The van der Waals surface area contributed by atoms with E-state index in [1.165, 1.54) is 0 Å². The number of aromatic nitrogens is 2. The number of thioether (sulfide) groups is 1. The molecule has 1 aliphatic heterocycles. The van der Waals surface area contributed by atoms with Crippen LogP contribution in [0.3, 0.4) is 0 Å². The number of alkyl halides is 3. The molecule has 0 bridgehead atoms. The van der Waals surface area contributed by atoms with Crippen LogP contribution in [0.25, 0.3) is 11.1 Å². The first kappa shape index (κ1) is 31.7. The van der Waals surface area contributed by atoms with E-state index in [1.54, 1.807) is 30.2 Å². The molecule has 3 aromatic carbocycles. The molecule has 1 saturated heterocycles. The lowest BCUT2D eigenvalue weighted by molar-refractivity contribution is -0.268. The molecule has 2 heterocycles. The van der Waals surface area contributed by atoms with Crippen molar-refractivity contribution in [3.63, 3.8) is 0 Å². The molecule has 1 amide bonds. The lowest BCUT2D eigenvalue weighted by Gasteiger charge is -2.41. The molecule has 1 aliphatic rings. The van der Waals surface area contributed by atoms with Crippen LogP contribution in [0.4, 0.5) is 0 Å². The maximum atomic E-state index is 12.0. The number of halogens is 3. The van der Waals surface area contributed by atoms with Gasteiger partial charge in [-0.15, -0.1) is 0 Å². The van der Waals surface area contributed by atoms with Gasteiger partial charge >= 0.3 is 0 Å². The van der Waals surface area contributed by atoms with Crippen LogP contribution in [0.2, 0.25) is 0 Å². The molecule has 0 spiro atoms. The van der Waals surface area contributed by atoms with Gasteiger partial charge in [0.2, 0.25) is 0 Å². The first-order chi connectivity index (χ1) is 20.7. The third-order valence-electron chi connectivity index (χ3n) is 7.17. The molecule has 0 saturated carbocycles. The third kappa shape index (κ3) is 8.28. The lowest BCUT2D eigenvalue weighted by Crippen LogP contribution is -2.38. The molecule has 224 valence electrons. The minimum atomic E-state index is -2.02. The van der Waals surface area contributed by atoms with Crippen LogP contribution < -0.4 is 5.32 Å². The van der Waals surface area contributed by atoms with Crippen molar-refractivity contribution in [1.29, 1.82) is 0 Å². The van der Waals surface area contributed by atoms with E-state index in [-0.39, 0.29) is 31.3 Å². The number of aliphatic hydroxyl groups is 1. The molecule has 1 fully saturated rings. The second-order valence-corrected chi connectivity index (χ2v) is 13.4. The average molecular weight is 659 g/mol. The molecule has 1 aromatic heterocycles. The fourth-order valence-corrected chi connectivity index (χ4v) is 6.00. The van der Waals surface area contributed by atoms with Crippen molar-refractivity contribution in [3.05, 3.63) is 114 Å². The Bertz CT molecular complexity index is 1520. The summed E-state index contributed by atoms with van der Waals surface area (Å²) in [7, 11) is 0. The predicted octanol–water partition coefficient (Wildman–Crippen LogP) is 7.21. The predicted molar refractivity (Wildman–Crippen MR) is 170 cm³/mol. The zero-order valence-corrected chi connectivity index (χ0v) is 26.3. The van der Waals surface area contributed by atoms with E-state index in [1.807, 2.05) is 66.7 Å². The Kier molecular flexibility index (Phi) is 10.6. The number of hydrogen-bond donors (Lipinski definition) is 2. The van der Waals surface area contributed by atoms with Crippen molar-refractivity contribution in [3.8, 4) is 11.1 Å². The third-order valence-corrected chi connectivity index (χ3v) is 8.65. The Morgan fingerprint density at radius 2 is 1.60 bits per heavy atom. The largest absolute Gasteiger partial charge is 0.392 e. The number of benzene rings is 3. The van der Waals surface area contributed by atoms with E-state index in [0.29, 0.717) is 10.9 Å². The summed E-state index contributed by atoms with van der Waals surface area (Å²) in [5, 5.41) is 12.9. The highest BCUT2D eigenvalue weighted by Gasteiger charge is 2.38. The number of aliphatic hydroxyl groups excluding tert-OH is 1. The minimum absolute atomic E-state index is 0.0172. The highest BCUT2D eigenvalue weighted by atomic mass is 35.6. The van der Waals surface area contributed by atoms with Gasteiger partial charge in [0.1, 0.15) is 0 Å². The average Bonchev–Trinajstić information content (AvgIpc) is 3.03. The van der Waals surface area contributed by atoms with Crippen molar-refractivity contribution >= 4 is 52.5 Å². The van der Waals surface area contributed by atoms with Crippen molar-refractivity contribution in [1.82, 2.24) is 15.3 Å². The summed E-state index contributed by atoms with van der Waals surface area (Å²) in [6.45, 7) is 2.33. The van der Waals surface area contributed by atoms with Crippen LogP contribution in [0.15, 0.2) is 96.4 Å². The summed E-state index contributed by atoms with van der Waals surface area (Å²) in [6, 6.07) is 25.4. The minimum Gasteiger partial charge on any atom is -0.392 e. The van der Waals surface area contributed by atoms with Crippen LogP contribution in [0, 0.1) is 5.92 Å². The van der Waals surface area contributed by atoms with Crippen molar-refractivity contribution in [2.45, 2.75) is 47.5 Å².